The molecule has 0 aliphatic rings. The van der Waals surface area contributed by atoms with Gasteiger partial charge in [0.05, 0.1) is 15.9 Å². The molecule has 4 rings (SSSR count). The zero-order chi connectivity index (χ0) is 20.4. The van der Waals surface area contributed by atoms with Crippen molar-refractivity contribution in [3.8, 4) is 0 Å². The van der Waals surface area contributed by atoms with Gasteiger partial charge in [-0.05, 0) is 55.0 Å². The summed E-state index contributed by atoms with van der Waals surface area (Å²) in [5.74, 6) is 0.428. The van der Waals surface area contributed by atoms with Gasteiger partial charge in [0.2, 0.25) is 0 Å². The Labute approximate surface area is 173 Å². The molecule has 1 aromatic heterocycles. The Morgan fingerprint density at radius 3 is 2.03 bits per heavy atom. The van der Waals surface area contributed by atoms with Crippen molar-refractivity contribution in [3.63, 3.8) is 0 Å². The summed E-state index contributed by atoms with van der Waals surface area (Å²) in [4.78, 5) is 9.15. The number of aryl methyl sites for hydroxylation is 1. The molecule has 0 bridgehead atoms. The molecule has 0 unspecified atom stereocenters. The first-order chi connectivity index (χ1) is 13.9. The van der Waals surface area contributed by atoms with Crippen molar-refractivity contribution >= 4 is 50.0 Å². The Morgan fingerprint density at radius 1 is 0.793 bits per heavy atom. The van der Waals surface area contributed by atoms with Gasteiger partial charge in [-0.1, -0.05) is 41.9 Å². The second-order valence-corrected chi connectivity index (χ2v) is 8.53. The second kappa shape index (κ2) is 7.69. The maximum absolute atomic E-state index is 12.9. The van der Waals surface area contributed by atoms with E-state index < -0.39 is 10.0 Å². The van der Waals surface area contributed by atoms with Gasteiger partial charge in [0, 0.05) is 10.7 Å². The van der Waals surface area contributed by atoms with E-state index in [9.17, 15) is 8.42 Å². The van der Waals surface area contributed by atoms with Crippen LogP contribution in [0.2, 0.25) is 5.02 Å². The van der Waals surface area contributed by atoms with Gasteiger partial charge in [0.25, 0.3) is 10.0 Å². The third-order valence-corrected chi connectivity index (χ3v) is 5.93. The van der Waals surface area contributed by atoms with Gasteiger partial charge in [0.1, 0.15) is 0 Å². The molecule has 4 aromatic rings. The standard InChI is InChI=1S/C21H17ClN4O2S/c1-14-6-2-3-7-17(14)23-20-21(25-19-9-5-4-8-18(19)24-20)26-29(27,28)16-12-10-15(22)11-13-16/h2-13H,1H3,(H,23,24)(H,25,26). The monoisotopic (exact) mass is 424 g/mol. The fraction of sp³-hybridized carbons (Fsp3) is 0.0476. The van der Waals surface area contributed by atoms with Crippen LogP contribution in [-0.2, 0) is 10.0 Å². The van der Waals surface area contributed by atoms with Gasteiger partial charge in [-0.2, -0.15) is 0 Å². The number of sulfonamides is 1. The lowest BCUT2D eigenvalue weighted by Gasteiger charge is -2.15. The summed E-state index contributed by atoms with van der Waals surface area (Å²) in [6.07, 6.45) is 0. The molecule has 0 saturated carbocycles. The fourth-order valence-electron chi connectivity index (χ4n) is 2.80. The summed E-state index contributed by atoms with van der Waals surface area (Å²) in [5.41, 5.74) is 3.03. The summed E-state index contributed by atoms with van der Waals surface area (Å²) in [6.45, 7) is 1.95. The number of fused-ring (bicyclic) bond motifs is 1. The molecule has 29 heavy (non-hydrogen) atoms. The molecule has 0 fully saturated rings. The normalized spacial score (nSPS) is 11.4. The maximum atomic E-state index is 12.9. The van der Waals surface area contributed by atoms with Crippen molar-refractivity contribution in [1.29, 1.82) is 0 Å². The molecule has 0 atom stereocenters. The molecule has 8 heteroatoms. The van der Waals surface area contributed by atoms with Crippen LogP contribution in [0.4, 0.5) is 17.3 Å². The quantitative estimate of drug-likeness (QED) is 0.463. The number of nitrogens with one attached hydrogen (secondary N) is 2. The number of rotatable bonds is 5. The molecule has 0 amide bonds. The summed E-state index contributed by atoms with van der Waals surface area (Å²) in [6, 6.07) is 20.9. The van der Waals surface area contributed by atoms with Crippen molar-refractivity contribution < 1.29 is 8.42 Å². The van der Waals surface area contributed by atoms with Gasteiger partial charge in [-0.15, -0.1) is 0 Å². The number of hydrogen-bond acceptors (Lipinski definition) is 5. The average molecular weight is 425 g/mol. The molecule has 0 aliphatic heterocycles. The topological polar surface area (TPSA) is 84.0 Å². The Kier molecular flexibility index (Phi) is 5.08. The SMILES string of the molecule is Cc1ccccc1Nc1nc2ccccc2nc1NS(=O)(=O)c1ccc(Cl)cc1. The number of halogens is 1. The minimum atomic E-state index is -3.87. The van der Waals surface area contributed by atoms with Gasteiger partial charge in [-0.3, -0.25) is 4.72 Å². The van der Waals surface area contributed by atoms with Crippen LogP contribution < -0.4 is 10.0 Å². The minimum Gasteiger partial charge on any atom is -0.337 e. The van der Waals surface area contributed by atoms with E-state index in [0.29, 0.717) is 21.9 Å². The first-order valence-electron chi connectivity index (χ1n) is 8.80. The molecule has 3 aromatic carbocycles. The summed E-state index contributed by atoms with van der Waals surface area (Å²) < 4.78 is 28.3. The molecular formula is C21H17ClN4O2S. The Balaban J connectivity index is 1.79. The highest BCUT2D eigenvalue weighted by atomic mass is 35.5. The summed E-state index contributed by atoms with van der Waals surface area (Å²) in [7, 11) is -3.87. The lowest BCUT2D eigenvalue weighted by Crippen LogP contribution is -2.16. The highest BCUT2D eigenvalue weighted by Crippen LogP contribution is 2.28. The average Bonchev–Trinajstić information content (AvgIpc) is 2.70. The van der Waals surface area contributed by atoms with Crippen molar-refractivity contribution in [2.24, 2.45) is 0 Å². The van der Waals surface area contributed by atoms with Crippen LogP contribution in [0.3, 0.4) is 0 Å². The van der Waals surface area contributed by atoms with Crippen molar-refractivity contribution in [1.82, 2.24) is 9.97 Å². The predicted octanol–water partition coefficient (Wildman–Crippen LogP) is 5.14. The van der Waals surface area contributed by atoms with Crippen LogP contribution >= 0.6 is 11.6 Å². The van der Waals surface area contributed by atoms with Crippen LogP contribution in [-0.4, -0.2) is 18.4 Å². The second-order valence-electron chi connectivity index (χ2n) is 6.41. The highest BCUT2D eigenvalue weighted by Gasteiger charge is 2.19. The predicted molar refractivity (Wildman–Crippen MR) is 116 cm³/mol. The fourth-order valence-corrected chi connectivity index (χ4v) is 3.93. The third-order valence-electron chi connectivity index (χ3n) is 4.32. The molecule has 0 spiro atoms. The molecule has 1 heterocycles. The van der Waals surface area contributed by atoms with Crippen LogP contribution in [0.15, 0.2) is 77.7 Å². The lowest BCUT2D eigenvalue weighted by molar-refractivity contribution is 0.601. The van der Waals surface area contributed by atoms with E-state index in [-0.39, 0.29) is 10.7 Å². The van der Waals surface area contributed by atoms with Crippen molar-refractivity contribution in [3.05, 3.63) is 83.4 Å². The zero-order valence-electron chi connectivity index (χ0n) is 15.4. The third kappa shape index (κ3) is 4.16. The van der Waals surface area contributed by atoms with E-state index in [4.69, 9.17) is 11.6 Å². The Morgan fingerprint density at radius 2 is 1.38 bits per heavy atom. The highest BCUT2D eigenvalue weighted by molar-refractivity contribution is 7.92. The molecule has 0 saturated heterocycles. The van der Waals surface area contributed by atoms with Crippen LogP contribution in [0.25, 0.3) is 11.0 Å². The molecule has 0 radical (unpaired) electrons. The number of nitrogens with zero attached hydrogens (tertiary/aromatic N) is 2. The molecule has 146 valence electrons. The number of benzene rings is 3. The maximum Gasteiger partial charge on any atom is 0.263 e. The largest absolute Gasteiger partial charge is 0.337 e. The van der Waals surface area contributed by atoms with Gasteiger partial charge >= 0.3 is 0 Å². The van der Waals surface area contributed by atoms with Crippen LogP contribution in [0.5, 0.6) is 0 Å². The Bertz CT molecular complexity index is 1290. The van der Waals surface area contributed by atoms with E-state index in [1.165, 1.54) is 24.3 Å². The van der Waals surface area contributed by atoms with E-state index >= 15 is 0 Å². The molecule has 0 aliphatic carbocycles. The molecule has 6 nitrogen and oxygen atoms in total. The summed E-state index contributed by atoms with van der Waals surface area (Å²) >= 11 is 5.87. The van der Waals surface area contributed by atoms with Gasteiger partial charge in [-0.25, -0.2) is 18.4 Å². The van der Waals surface area contributed by atoms with E-state index in [1.54, 1.807) is 6.07 Å². The zero-order valence-corrected chi connectivity index (χ0v) is 17.0. The van der Waals surface area contributed by atoms with Gasteiger partial charge in [0.15, 0.2) is 11.6 Å². The molecule has 2 N–H and O–H groups in total. The first kappa shape index (κ1) is 19.2. The lowest BCUT2D eigenvalue weighted by atomic mass is 10.2. The number of hydrogen-bond donors (Lipinski definition) is 2. The number of aromatic nitrogens is 2. The van der Waals surface area contributed by atoms with Crippen LogP contribution in [0.1, 0.15) is 5.56 Å². The number of anilines is 3. The first-order valence-corrected chi connectivity index (χ1v) is 10.7. The summed E-state index contributed by atoms with van der Waals surface area (Å²) in [5, 5.41) is 3.65. The van der Waals surface area contributed by atoms with E-state index in [1.807, 2.05) is 49.4 Å². The van der Waals surface area contributed by atoms with E-state index in [0.717, 1.165) is 11.3 Å². The van der Waals surface area contributed by atoms with Crippen LogP contribution in [0, 0.1) is 6.92 Å². The van der Waals surface area contributed by atoms with Crippen molar-refractivity contribution in [2.75, 3.05) is 10.0 Å². The smallest absolute Gasteiger partial charge is 0.263 e. The number of para-hydroxylation sites is 3. The molecular weight excluding hydrogens is 408 g/mol. The Hall–Kier alpha value is -3.16. The van der Waals surface area contributed by atoms with Crippen molar-refractivity contribution in [2.45, 2.75) is 11.8 Å². The minimum absolute atomic E-state index is 0.0821. The van der Waals surface area contributed by atoms with E-state index in [2.05, 4.69) is 20.0 Å². The van der Waals surface area contributed by atoms with Gasteiger partial charge < -0.3 is 5.32 Å².